The van der Waals surface area contributed by atoms with Crippen LogP contribution < -0.4 is 21.1 Å². The van der Waals surface area contributed by atoms with Crippen molar-refractivity contribution in [2.75, 3.05) is 36.8 Å². The first-order chi connectivity index (χ1) is 18.4. The van der Waals surface area contributed by atoms with Gasteiger partial charge in [-0.25, -0.2) is 0 Å². The summed E-state index contributed by atoms with van der Waals surface area (Å²) in [5.41, 5.74) is -2.23. The van der Waals surface area contributed by atoms with Gasteiger partial charge in [0.05, 0.1) is 16.8 Å². The second-order valence-corrected chi connectivity index (χ2v) is 13.9. The van der Waals surface area contributed by atoms with E-state index in [1.807, 2.05) is 11.8 Å². The Morgan fingerprint density at radius 1 is 1.18 bits per heavy atom. The number of rotatable bonds is 6. The number of piperazine rings is 1. The number of ketones is 1. The van der Waals surface area contributed by atoms with Gasteiger partial charge in [0.15, 0.2) is 0 Å². The molecule has 39 heavy (non-hydrogen) atoms. The number of aliphatic hydroxyl groups is 1. The first-order valence-electron chi connectivity index (χ1n) is 14.4. The Balaban J connectivity index is 1.42. The normalized spacial score (nSPS) is 40.6. The van der Waals surface area contributed by atoms with Crippen LogP contribution in [-0.2, 0) is 14.3 Å². The molecule has 3 saturated carbocycles. The van der Waals surface area contributed by atoms with Gasteiger partial charge in [-0.05, 0) is 42.9 Å². The molecule has 214 valence electrons. The third kappa shape index (κ3) is 4.25. The maximum atomic E-state index is 13.5. The lowest BCUT2D eigenvalue weighted by atomic mass is 9.44. The summed E-state index contributed by atoms with van der Waals surface area (Å²) in [7, 11) is 0. The predicted molar refractivity (Wildman–Crippen MR) is 152 cm³/mol. The minimum absolute atomic E-state index is 0.0894. The number of nitrogens with one attached hydrogen (secondary N) is 1. The number of carbonyl (C=O) groups excluding carboxylic acids is 2. The molecule has 4 aliphatic rings. The molecule has 8 nitrogen and oxygen atoms in total. The van der Waals surface area contributed by atoms with Crippen LogP contribution in [0.2, 0.25) is 0 Å². The monoisotopic (exact) mass is 558 g/mol. The zero-order chi connectivity index (χ0) is 28.3. The highest BCUT2D eigenvalue weighted by Crippen LogP contribution is 2.68. The molecule has 0 unspecified atom stereocenters. The van der Waals surface area contributed by atoms with E-state index in [9.17, 15) is 24.3 Å². The van der Waals surface area contributed by atoms with E-state index in [1.165, 1.54) is 0 Å². The van der Waals surface area contributed by atoms with Gasteiger partial charge in [0, 0.05) is 49.3 Å². The molecule has 1 aliphatic heterocycles. The summed E-state index contributed by atoms with van der Waals surface area (Å²) in [6.45, 7) is 15.1. The number of hydrogen-bond acceptors (Lipinski definition) is 9. The summed E-state index contributed by atoms with van der Waals surface area (Å²) < 4.78 is 6.27. The van der Waals surface area contributed by atoms with E-state index >= 15 is 0 Å². The summed E-state index contributed by atoms with van der Waals surface area (Å²) in [5, 5.41) is 14.9. The average Bonchev–Trinajstić information content (AvgIpc) is 3.29. The maximum absolute atomic E-state index is 13.5. The number of hydrogen-bond donors (Lipinski definition) is 2. The number of nitrogens with zero attached hydrogens (tertiary/aromatic N) is 1. The molecule has 0 aromatic heterocycles. The molecule has 2 bridgehead atoms. The summed E-state index contributed by atoms with van der Waals surface area (Å²) >= 11 is 1.07. The summed E-state index contributed by atoms with van der Waals surface area (Å²) in [6, 6.07) is 0. The van der Waals surface area contributed by atoms with Crippen molar-refractivity contribution in [3.05, 3.63) is 33.1 Å². The van der Waals surface area contributed by atoms with E-state index in [1.54, 1.807) is 6.08 Å². The number of thioether (sulfide) groups is 1. The Kier molecular flexibility index (Phi) is 7.42. The summed E-state index contributed by atoms with van der Waals surface area (Å²) in [6.07, 6.45) is 3.85. The number of esters is 1. The Morgan fingerprint density at radius 3 is 2.54 bits per heavy atom. The first-order valence-corrected chi connectivity index (χ1v) is 15.3. The molecule has 1 heterocycles. The first kappa shape index (κ1) is 28.6. The van der Waals surface area contributed by atoms with Crippen LogP contribution in [0.3, 0.4) is 0 Å². The smallest absolute Gasteiger partial charge is 0.316 e. The second kappa shape index (κ2) is 10.1. The van der Waals surface area contributed by atoms with Crippen molar-refractivity contribution in [1.82, 2.24) is 5.32 Å². The average molecular weight is 559 g/mol. The second-order valence-electron chi connectivity index (χ2n) is 12.9. The van der Waals surface area contributed by atoms with Gasteiger partial charge in [0.1, 0.15) is 17.6 Å². The Hall–Kier alpha value is -1.97. The predicted octanol–water partition coefficient (Wildman–Crippen LogP) is 2.69. The molecule has 0 radical (unpaired) electrons. The SMILES string of the molecule is C=C[C@]1(C)C[C@@H](OC(=O)CSc2c(N3CCNCC3)c(=O)c2=O)[C@]2(C)[C@H](C)CC[C@]3(CCC(=O)[C@H]32)[C@@H](C)[C@@H]1O. The van der Waals surface area contributed by atoms with Gasteiger partial charge in [-0.3, -0.25) is 19.2 Å². The highest BCUT2D eigenvalue weighted by atomic mass is 32.2. The van der Waals surface area contributed by atoms with Crippen molar-refractivity contribution < 1.29 is 19.4 Å². The Labute approximate surface area is 234 Å². The molecule has 1 aromatic rings. The van der Waals surface area contributed by atoms with Gasteiger partial charge in [-0.1, -0.05) is 33.8 Å². The molecule has 1 saturated heterocycles. The van der Waals surface area contributed by atoms with E-state index in [-0.39, 0.29) is 34.7 Å². The fourth-order valence-corrected chi connectivity index (χ4v) is 9.41. The molecule has 2 N–H and O–H groups in total. The van der Waals surface area contributed by atoms with E-state index in [0.29, 0.717) is 36.5 Å². The van der Waals surface area contributed by atoms with Crippen LogP contribution in [0.25, 0.3) is 0 Å². The van der Waals surface area contributed by atoms with Crippen molar-refractivity contribution in [3.63, 3.8) is 0 Å². The Morgan fingerprint density at radius 2 is 1.87 bits per heavy atom. The van der Waals surface area contributed by atoms with Crippen molar-refractivity contribution in [1.29, 1.82) is 0 Å². The van der Waals surface area contributed by atoms with Crippen LogP contribution in [0.4, 0.5) is 5.69 Å². The van der Waals surface area contributed by atoms with Crippen LogP contribution in [0, 0.1) is 34.0 Å². The van der Waals surface area contributed by atoms with Crippen molar-refractivity contribution in [2.45, 2.75) is 76.9 Å². The largest absolute Gasteiger partial charge is 0.461 e. The third-order valence-electron chi connectivity index (χ3n) is 11.2. The van der Waals surface area contributed by atoms with Crippen LogP contribution in [-0.4, -0.2) is 61.0 Å². The molecule has 5 rings (SSSR count). The van der Waals surface area contributed by atoms with E-state index in [2.05, 4.69) is 32.7 Å². The molecule has 0 amide bonds. The topological polar surface area (TPSA) is 113 Å². The highest BCUT2D eigenvalue weighted by molar-refractivity contribution is 8.00. The van der Waals surface area contributed by atoms with Gasteiger partial charge in [-0.2, -0.15) is 0 Å². The zero-order valence-electron chi connectivity index (χ0n) is 23.6. The fourth-order valence-electron chi connectivity index (χ4n) is 8.49. The van der Waals surface area contributed by atoms with Gasteiger partial charge < -0.3 is 20.1 Å². The minimum Gasteiger partial charge on any atom is -0.461 e. The summed E-state index contributed by atoms with van der Waals surface area (Å²) in [5.74, 6) is -0.593. The molecule has 3 aliphatic carbocycles. The lowest BCUT2D eigenvalue weighted by Crippen LogP contribution is -2.63. The highest BCUT2D eigenvalue weighted by Gasteiger charge is 2.68. The molecular formula is C30H42N2O6S. The fraction of sp³-hybridized carbons (Fsp3) is 0.733. The van der Waals surface area contributed by atoms with Gasteiger partial charge in [-0.15, -0.1) is 18.3 Å². The minimum atomic E-state index is -0.720. The lowest BCUT2D eigenvalue weighted by molar-refractivity contribution is -0.205. The molecule has 8 atom stereocenters. The number of aliphatic hydroxyl groups excluding tert-OH is 1. The number of anilines is 1. The van der Waals surface area contributed by atoms with E-state index in [0.717, 1.165) is 44.1 Å². The van der Waals surface area contributed by atoms with Crippen LogP contribution >= 0.6 is 11.8 Å². The van der Waals surface area contributed by atoms with Crippen molar-refractivity contribution in [3.8, 4) is 0 Å². The quantitative estimate of drug-likeness (QED) is 0.235. The Bertz CT molecular complexity index is 1230. The number of ether oxygens (including phenoxy) is 1. The van der Waals surface area contributed by atoms with Crippen molar-refractivity contribution in [2.24, 2.45) is 34.0 Å². The summed E-state index contributed by atoms with van der Waals surface area (Å²) in [4.78, 5) is 53.9. The third-order valence-corrected chi connectivity index (χ3v) is 12.2. The van der Waals surface area contributed by atoms with Gasteiger partial charge in [0.2, 0.25) is 5.43 Å². The van der Waals surface area contributed by atoms with Crippen molar-refractivity contribution >= 4 is 29.2 Å². The van der Waals surface area contributed by atoms with Gasteiger partial charge >= 0.3 is 5.97 Å². The van der Waals surface area contributed by atoms with Crippen LogP contribution in [0.15, 0.2) is 27.1 Å². The molecular weight excluding hydrogens is 516 g/mol. The number of carbonyl (C=O) groups is 2. The lowest BCUT2D eigenvalue weighted by Gasteiger charge is -2.61. The van der Waals surface area contributed by atoms with E-state index in [4.69, 9.17) is 4.74 Å². The van der Waals surface area contributed by atoms with Crippen LogP contribution in [0.1, 0.15) is 59.8 Å². The zero-order valence-corrected chi connectivity index (χ0v) is 24.4. The van der Waals surface area contributed by atoms with Crippen LogP contribution in [0.5, 0.6) is 0 Å². The number of Topliss-reactive ketones (excluding diaryl/α,β-unsaturated/α-hetero) is 1. The molecule has 9 heteroatoms. The molecule has 4 fully saturated rings. The molecule has 0 spiro atoms. The van der Waals surface area contributed by atoms with E-state index < -0.39 is 39.9 Å². The van der Waals surface area contributed by atoms with Gasteiger partial charge in [0.25, 0.3) is 5.43 Å². The maximum Gasteiger partial charge on any atom is 0.316 e. The standard InChI is InChI=1S/C30H42N2O6S/c1-6-28(4)15-20(29(5)17(2)7-9-30(18(3)27(28)37)10-8-19(33)26(29)30)38-21(34)16-39-25-22(23(35)24(25)36)32-13-11-31-12-14-32/h6,17-18,20,26-27,31,37H,1,7-16H2,2-5H3/t17-,18+,20-,26+,27+,28-,29+,30+/m1/s1. The molecule has 1 aromatic carbocycles.